The van der Waals surface area contributed by atoms with Gasteiger partial charge in [-0.25, -0.2) is 0 Å². The van der Waals surface area contributed by atoms with E-state index in [0.717, 1.165) is 0 Å². The highest BCUT2D eigenvalue weighted by atomic mass is 28.4. The van der Waals surface area contributed by atoms with E-state index in [1.807, 2.05) is 12.1 Å². The first-order valence-corrected chi connectivity index (χ1v) is 10.2. The Kier molecular flexibility index (Phi) is 5.10. The molecule has 0 N–H and O–H groups in total. The predicted octanol–water partition coefficient (Wildman–Crippen LogP) is 4.17. The fourth-order valence-corrected chi connectivity index (χ4v) is 5.39. The second-order valence-corrected chi connectivity index (χ2v) is 9.92. The molecule has 2 aromatic rings. The molecule has 0 heterocycles. The number of hydrogen-bond donors (Lipinski definition) is 0. The summed E-state index contributed by atoms with van der Waals surface area (Å²) in [5.41, 5.74) is 2.73. The summed E-state index contributed by atoms with van der Waals surface area (Å²) in [7, 11) is -2.10. The Morgan fingerprint density at radius 3 is 1.76 bits per heavy atom. The fourth-order valence-electron chi connectivity index (χ4n) is 2.66. The molecular weight excluding hydrogens is 276 g/mol. The Morgan fingerprint density at radius 2 is 1.38 bits per heavy atom. The van der Waals surface area contributed by atoms with Gasteiger partial charge in [0.2, 0.25) is 0 Å². The molecule has 0 amide bonds. The lowest BCUT2D eigenvalue weighted by Crippen LogP contribution is -2.40. The maximum absolute atomic E-state index is 11.3. The van der Waals surface area contributed by atoms with Crippen molar-refractivity contribution in [3.05, 3.63) is 71.8 Å². The minimum Gasteiger partial charge on any atom is -0.409 e. The summed E-state index contributed by atoms with van der Waals surface area (Å²) in [6.45, 7) is 6.14. The van der Waals surface area contributed by atoms with Gasteiger partial charge in [-0.1, -0.05) is 60.7 Å². The highest BCUT2D eigenvalue weighted by Gasteiger charge is 2.36. The van der Waals surface area contributed by atoms with Gasteiger partial charge in [0.1, 0.15) is 0 Å². The second kappa shape index (κ2) is 6.83. The van der Waals surface area contributed by atoms with Crippen LogP contribution in [-0.2, 0) is 9.22 Å². The number of rotatable bonds is 6. The quantitative estimate of drug-likeness (QED) is 0.748. The summed E-state index contributed by atoms with van der Waals surface area (Å²) in [4.78, 5) is 11.3. The first-order valence-electron chi connectivity index (χ1n) is 7.24. The van der Waals surface area contributed by atoms with Crippen LogP contribution in [-0.4, -0.2) is 20.7 Å². The second-order valence-electron chi connectivity index (χ2n) is 5.85. The van der Waals surface area contributed by atoms with Crippen molar-refractivity contribution in [2.24, 2.45) is 0 Å². The highest BCUT2D eigenvalue weighted by Crippen LogP contribution is 2.34. The van der Waals surface area contributed by atoms with Crippen LogP contribution in [0.3, 0.4) is 0 Å². The maximum Gasteiger partial charge on any atom is 0.199 e. The minimum atomic E-state index is -2.10. The normalized spacial score (nSPS) is 11.6. The lowest BCUT2D eigenvalue weighted by molar-refractivity contribution is -0.119. The molecule has 2 nitrogen and oxygen atoms in total. The third-order valence-corrected chi connectivity index (χ3v) is 6.55. The third kappa shape index (κ3) is 4.13. The van der Waals surface area contributed by atoms with Crippen molar-refractivity contribution in [3.8, 4) is 0 Å². The van der Waals surface area contributed by atoms with E-state index in [1.54, 1.807) is 6.92 Å². The summed E-state index contributed by atoms with van der Waals surface area (Å²) >= 11 is 0. The molecule has 0 aliphatic carbocycles. The van der Waals surface area contributed by atoms with Gasteiger partial charge >= 0.3 is 0 Å². The molecule has 0 aromatic heterocycles. The standard InChI is InChI=1S/C18H22O2Si/c1-15(19)14-20-21(2,3)18(16-10-6-4-7-11-16)17-12-8-5-9-13-17/h4-13,18H,14H2,1-3H3. The van der Waals surface area contributed by atoms with E-state index in [2.05, 4.69) is 61.6 Å². The zero-order chi connectivity index (χ0) is 15.3. The number of carbonyl (C=O) groups excluding carboxylic acids is 1. The molecule has 0 fully saturated rings. The number of ketones is 1. The highest BCUT2D eigenvalue weighted by molar-refractivity contribution is 6.73. The van der Waals surface area contributed by atoms with Crippen molar-refractivity contribution in [1.82, 2.24) is 0 Å². The lowest BCUT2D eigenvalue weighted by Gasteiger charge is -2.32. The van der Waals surface area contributed by atoms with Crippen molar-refractivity contribution in [2.45, 2.75) is 25.6 Å². The first kappa shape index (κ1) is 15.7. The Morgan fingerprint density at radius 1 is 0.952 bits per heavy atom. The Bertz CT molecular complexity index is 539. The molecule has 3 heteroatoms. The van der Waals surface area contributed by atoms with Gasteiger partial charge in [0, 0.05) is 5.54 Å². The third-order valence-electron chi connectivity index (χ3n) is 3.61. The summed E-state index contributed by atoms with van der Waals surface area (Å²) in [6, 6.07) is 20.8. The van der Waals surface area contributed by atoms with E-state index in [-0.39, 0.29) is 17.9 Å². The molecular formula is C18H22O2Si. The van der Waals surface area contributed by atoms with Crippen LogP contribution in [0.25, 0.3) is 0 Å². The smallest absolute Gasteiger partial charge is 0.199 e. The van der Waals surface area contributed by atoms with E-state index in [9.17, 15) is 4.79 Å². The number of benzene rings is 2. The van der Waals surface area contributed by atoms with E-state index in [1.165, 1.54) is 11.1 Å². The number of Topliss-reactive ketones (excluding diaryl/α,β-unsaturated/α-hetero) is 1. The van der Waals surface area contributed by atoms with Gasteiger partial charge < -0.3 is 4.43 Å². The topological polar surface area (TPSA) is 26.3 Å². The molecule has 21 heavy (non-hydrogen) atoms. The zero-order valence-corrected chi connectivity index (χ0v) is 13.9. The average molecular weight is 298 g/mol. The Balaban J connectivity index is 2.39. The van der Waals surface area contributed by atoms with Gasteiger partial charge in [0.15, 0.2) is 14.1 Å². The van der Waals surface area contributed by atoms with Gasteiger partial charge in [-0.15, -0.1) is 0 Å². The summed E-state index contributed by atoms with van der Waals surface area (Å²) < 4.78 is 6.05. The monoisotopic (exact) mass is 298 g/mol. The van der Waals surface area contributed by atoms with Crippen molar-refractivity contribution >= 4 is 14.1 Å². The first-order chi connectivity index (χ1) is 10.0. The number of carbonyl (C=O) groups is 1. The van der Waals surface area contributed by atoms with Crippen LogP contribution in [0.1, 0.15) is 23.6 Å². The summed E-state index contributed by atoms with van der Waals surface area (Å²) in [5.74, 6) is 0.0791. The molecule has 0 unspecified atom stereocenters. The van der Waals surface area contributed by atoms with Gasteiger partial charge in [-0.05, 0) is 31.1 Å². The summed E-state index contributed by atoms with van der Waals surface area (Å²) in [6.07, 6.45) is 0. The van der Waals surface area contributed by atoms with Crippen LogP contribution in [0.5, 0.6) is 0 Å². The van der Waals surface area contributed by atoms with E-state index >= 15 is 0 Å². The average Bonchev–Trinajstić information content (AvgIpc) is 2.47. The van der Waals surface area contributed by atoms with E-state index in [4.69, 9.17) is 4.43 Å². The number of hydrogen-bond acceptors (Lipinski definition) is 2. The molecule has 2 rings (SSSR count). The van der Waals surface area contributed by atoms with Crippen molar-refractivity contribution in [3.63, 3.8) is 0 Å². The maximum atomic E-state index is 11.3. The Labute approximate surface area is 127 Å². The minimum absolute atomic E-state index is 0.0791. The largest absolute Gasteiger partial charge is 0.409 e. The zero-order valence-electron chi connectivity index (χ0n) is 12.9. The molecule has 2 aromatic carbocycles. The molecule has 0 aliphatic rings. The van der Waals surface area contributed by atoms with Crippen molar-refractivity contribution < 1.29 is 9.22 Å². The van der Waals surface area contributed by atoms with Gasteiger partial charge in [0.05, 0.1) is 6.61 Å². The molecule has 0 aliphatic heterocycles. The van der Waals surface area contributed by atoms with E-state index < -0.39 is 8.32 Å². The molecule has 0 atom stereocenters. The molecule has 0 saturated heterocycles. The van der Waals surface area contributed by atoms with Gasteiger partial charge in [0.25, 0.3) is 0 Å². The van der Waals surface area contributed by atoms with E-state index in [0.29, 0.717) is 0 Å². The molecule has 0 spiro atoms. The fraction of sp³-hybridized carbons (Fsp3) is 0.278. The van der Waals surface area contributed by atoms with Crippen LogP contribution in [0.4, 0.5) is 0 Å². The Hall–Kier alpha value is -1.71. The molecule has 110 valence electrons. The molecule has 0 saturated carbocycles. The van der Waals surface area contributed by atoms with Crippen LogP contribution in [0.15, 0.2) is 60.7 Å². The van der Waals surface area contributed by atoms with Gasteiger partial charge in [-0.2, -0.15) is 0 Å². The van der Waals surface area contributed by atoms with Crippen molar-refractivity contribution in [2.75, 3.05) is 6.61 Å². The van der Waals surface area contributed by atoms with Crippen LogP contribution in [0, 0.1) is 0 Å². The molecule has 0 bridgehead atoms. The van der Waals surface area contributed by atoms with Crippen LogP contribution < -0.4 is 0 Å². The molecule has 0 radical (unpaired) electrons. The summed E-state index contributed by atoms with van der Waals surface area (Å²) in [5, 5.41) is 0. The lowest BCUT2D eigenvalue weighted by atomic mass is 10.0. The van der Waals surface area contributed by atoms with Crippen LogP contribution >= 0.6 is 0 Å². The predicted molar refractivity (Wildman–Crippen MR) is 88.8 cm³/mol. The van der Waals surface area contributed by atoms with Gasteiger partial charge in [-0.3, -0.25) is 4.79 Å². The van der Waals surface area contributed by atoms with Crippen molar-refractivity contribution in [1.29, 1.82) is 0 Å². The van der Waals surface area contributed by atoms with Crippen LogP contribution in [0.2, 0.25) is 13.1 Å². The SMILES string of the molecule is CC(=O)CO[Si](C)(C)C(c1ccccc1)c1ccccc1.